The summed E-state index contributed by atoms with van der Waals surface area (Å²) in [5.41, 5.74) is 10.4. The molecule has 2 saturated heterocycles. The van der Waals surface area contributed by atoms with Crippen LogP contribution in [0.25, 0.3) is 28.6 Å². The van der Waals surface area contributed by atoms with E-state index in [9.17, 15) is 24.6 Å². The maximum Gasteiger partial charge on any atom is 0.350 e. The molecule has 0 amide bonds. The molecule has 2 aromatic heterocycles. The van der Waals surface area contributed by atoms with Gasteiger partial charge in [-0.3, -0.25) is 9.69 Å². The average molecular weight is 1680 g/mol. The molecule has 1 saturated carbocycles. The summed E-state index contributed by atoms with van der Waals surface area (Å²) in [5, 5.41) is 33.3. The number of piperazine rings is 1. The molecule has 15 rings (SSSR count). The van der Waals surface area contributed by atoms with Crippen LogP contribution in [0.4, 0.5) is 11.4 Å². The van der Waals surface area contributed by atoms with Crippen molar-refractivity contribution in [3.8, 4) is 28.7 Å². The Kier molecular flexibility index (Phi) is 31.1. The maximum atomic E-state index is 12.8. The fraction of sp³-hybridized carbons (Fsp3) is 0.380. The highest BCUT2D eigenvalue weighted by Crippen LogP contribution is 2.55. The van der Waals surface area contributed by atoms with Crippen LogP contribution in [0.3, 0.4) is 0 Å². The minimum absolute atomic E-state index is 0.00696. The Morgan fingerprint density at radius 1 is 0.727 bits per heavy atom. The number of carbonyl (C=O) groups is 2. The molecule has 19 nitrogen and oxygen atoms in total. The molecule has 11 aromatic rings. The van der Waals surface area contributed by atoms with E-state index in [1.165, 1.54) is 64.7 Å². The molecule has 121 heavy (non-hydrogen) atoms. The van der Waals surface area contributed by atoms with Gasteiger partial charge in [-0.25, -0.2) is 28.5 Å². The van der Waals surface area contributed by atoms with Gasteiger partial charge in [0.15, 0.2) is 0 Å². The van der Waals surface area contributed by atoms with Gasteiger partial charge in [0.25, 0.3) is 0 Å². The number of rotatable bonds is 28. The first kappa shape index (κ1) is 89.5. The molecule has 5 atom stereocenters. The molecule has 5 heterocycles. The van der Waals surface area contributed by atoms with Crippen molar-refractivity contribution in [2.45, 2.75) is 181 Å². The number of aromatic nitrogens is 6. The normalized spacial score (nSPS) is 17.7. The number of unbranched alkanes of at least 4 members (excludes halogenated alkanes) is 3. The first-order valence-electron chi connectivity index (χ1n) is 42.6. The first-order valence-corrected chi connectivity index (χ1v) is 43.4. The highest BCUT2D eigenvalue weighted by Gasteiger charge is 2.49. The number of Topliss-reactive ketones (excluding diaryl/α,β-unsaturated/α-hetero) is 1. The van der Waals surface area contributed by atoms with Crippen molar-refractivity contribution in [2.75, 3.05) is 62.8 Å². The van der Waals surface area contributed by atoms with Gasteiger partial charge in [-0.15, -0.1) is 0 Å². The monoisotopic (exact) mass is 1670 g/mol. The summed E-state index contributed by atoms with van der Waals surface area (Å²) in [5.74, 6) is 1.59. The van der Waals surface area contributed by atoms with E-state index >= 15 is 0 Å². The van der Waals surface area contributed by atoms with Crippen LogP contribution in [0.2, 0.25) is 10.0 Å². The van der Waals surface area contributed by atoms with Gasteiger partial charge in [-0.1, -0.05) is 230 Å². The van der Waals surface area contributed by atoms with Crippen LogP contribution in [-0.4, -0.2) is 121 Å². The van der Waals surface area contributed by atoms with E-state index < -0.39 is 11.8 Å². The lowest BCUT2D eigenvalue weighted by Gasteiger charge is -2.47. The largest absolute Gasteiger partial charge is 0.508 e. The SMILES string of the molecule is CC(C)Cc1cccc(COC(=O)/C=C/c2ccccc2)c1O.CCC(C)n1ncn(-c2ccc(N3CCN(c4ccc(OC[C@H]5CO[C@](Cn6cncn6)(c6ccc(Cl)cc6Cl)O5)cc4)CC3)cc2)c1=O.CCCCCCC(C)(C)c1cc(O)c2c(c1)OC(C)(C)[C@@H]1CCC(=O)C[C@@H]21.CN(C/C=C/c1ccccc1)Cc1cccc2ccccc12. The summed E-state index contributed by atoms with van der Waals surface area (Å²) in [7, 11) is 2.16. The second kappa shape index (κ2) is 42.1. The summed E-state index contributed by atoms with van der Waals surface area (Å²) in [6.45, 7) is 25.6. The van der Waals surface area contributed by atoms with Gasteiger partial charge >= 0.3 is 11.7 Å². The fourth-order valence-corrected chi connectivity index (χ4v) is 16.9. The molecule has 1 unspecified atom stereocenters. The number of halogens is 2. The number of hydrogen-bond acceptors (Lipinski definition) is 16. The van der Waals surface area contributed by atoms with E-state index in [-0.39, 0.29) is 59.6 Å². The zero-order valence-electron chi connectivity index (χ0n) is 71.6. The van der Waals surface area contributed by atoms with E-state index in [0.29, 0.717) is 64.7 Å². The predicted molar refractivity (Wildman–Crippen MR) is 486 cm³/mol. The smallest absolute Gasteiger partial charge is 0.350 e. The Balaban J connectivity index is 0.000000158. The number of ether oxygens (including phenoxy) is 5. The lowest BCUT2D eigenvalue weighted by Crippen LogP contribution is -2.47. The Labute approximate surface area is 723 Å². The lowest BCUT2D eigenvalue weighted by atomic mass is 9.66. The number of esters is 1. The number of nitrogens with zero attached hydrogens (tertiary/aromatic N) is 9. The van der Waals surface area contributed by atoms with Crippen molar-refractivity contribution in [3.63, 3.8) is 0 Å². The Hall–Kier alpha value is -10.8. The molecule has 0 bridgehead atoms. The Morgan fingerprint density at radius 3 is 2.06 bits per heavy atom. The number of hydrogen-bond donors (Lipinski definition) is 2. The highest BCUT2D eigenvalue weighted by atomic mass is 35.5. The summed E-state index contributed by atoms with van der Waals surface area (Å²) < 4.78 is 35.3. The van der Waals surface area contributed by atoms with E-state index in [4.69, 9.17) is 46.9 Å². The number of carbonyl (C=O) groups excluding carboxylic acids is 2. The number of ketones is 1. The number of phenolic OH excluding ortho intramolecular Hbond substituents is 2. The number of aromatic hydroxyl groups is 2. The quantitative estimate of drug-likeness (QED) is 0.0266. The number of phenols is 2. The topological polar surface area (TPSA) is 201 Å². The highest BCUT2D eigenvalue weighted by molar-refractivity contribution is 6.35. The second-order valence-corrected chi connectivity index (χ2v) is 34.5. The zero-order valence-corrected chi connectivity index (χ0v) is 73.1. The van der Waals surface area contributed by atoms with Crippen molar-refractivity contribution in [1.29, 1.82) is 0 Å². The molecule has 2 N–H and O–H groups in total. The molecule has 0 radical (unpaired) electrons. The molecular formula is C100H117Cl2N9O10. The second-order valence-electron chi connectivity index (χ2n) is 33.6. The lowest BCUT2D eigenvalue weighted by molar-refractivity contribution is -0.190. The van der Waals surface area contributed by atoms with Gasteiger partial charge in [0.1, 0.15) is 79.2 Å². The van der Waals surface area contributed by atoms with Crippen molar-refractivity contribution in [3.05, 3.63) is 296 Å². The predicted octanol–water partition coefficient (Wildman–Crippen LogP) is 21.2. The molecule has 1 aliphatic carbocycles. The summed E-state index contributed by atoms with van der Waals surface area (Å²) in [6, 6.07) is 66.3. The molecule has 9 aromatic carbocycles. The number of likely N-dealkylation sites (N-methyl/N-ethyl adjacent to an activating group) is 1. The van der Waals surface area contributed by atoms with Crippen LogP contribution in [-0.2, 0) is 61.1 Å². The van der Waals surface area contributed by atoms with Crippen molar-refractivity contribution < 1.29 is 43.5 Å². The fourth-order valence-electron chi connectivity index (χ4n) is 16.3. The third-order valence-corrected chi connectivity index (χ3v) is 23.8. The van der Waals surface area contributed by atoms with Crippen LogP contribution in [0, 0.1) is 11.8 Å². The van der Waals surface area contributed by atoms with Crippen LogP contribution < -0.4 is 25.0 Å². The van der Waals surface area contributed by atoms with Crippen LogP contribution in [0.5, 0.6) is 23.0 Å². The van der Waals surface area contributed by atoms with E-state index in [0.717, 1.165) is 116 Å². The standard InChI is InChI=1S/C35H38Cl2N8O4.C24H36O3.C21H21N.C20H22O3/c1-3-25(2)45-34(46)44(24-40-45)29-7-5-27(6-8-29)41-14-16-42(17-15-41)28-9-11-30(12-10-28)47-19-31-20-48-35(49-31,21-43-23-38-22-39-43)32-13-4-26(36)18-33(32)37;1-6-7-8-9-12-23(2,3)16-13-20(26)22-18-15-17(25)10-11-19(18)24(4,5)27-21(22)14-16;1-22(16-8-11-18-9-3-2-4-10-18)17-20-14-7-13-19-12-5-6-15-21(19)20;1-15(2)13-17-9-6-10-18(20(17)22)14-23-19(21)12-11-16-7-4-3-5-8-16/h4-13,18,22-25,31H,3,14-17,19-21H2,1-2H3;13-14,18-19,26H,6-12,15H2,1-5H3;2-15H,16-17H2,1H3;3-12,15,22H,13-14H2,1-2H3/b;;11-8+;12-11+/t25?,31-,35-;18-,19-;;/m01../s1. The first-order chi connectivity index (χ1) is 58.4. The van der Waals surface area contributed by atoms with E-state index in [1.807, 2.05) is 98.8 Å². The van der Waals surface area contributed by atoms with Gasteiger partial charge in [0, 0.05) is 103 Å². The summed E-state index contributed by atoms with van der Waals surface area (Å²) in [6.07, 6.45) is 21.6. The molecule has 3 aliphatic heterocycles. The van der Waals surface area contributed by atoms with Crippen molar-refractivity contribution in [1.82, 2.24) is 34.0 Å². The number of benzene rings is 9. The molecule has 4 aliphatic rings. The molecule has 0 spiro atoms. The van der Waals surface area contributed by atoms with Gasteiger partial charge < -0.3 is 43.7 Å². The van der Waals surface area contributed by atoms with Crippen LogP contribution in [0.1, 0.15) is 177 Å². The minimum Gasteiger partial charge on any atom is -0.508 e. The van der Waals surface area contributed by atoms with Gasteiger partial charge in [0.2, 0.25) is 5.79 Å². The van der Waals surface area contributed by atoms with Gasteiger partial charge in [-0.2, -0.15) is 10.2 Å². The number of fused-ring (bicyclic) bond motifs is 4. The van der Waals surface area contributed by atoms with Gasteiger partial charge in [-0.05, 0) is 182 Å². The third-order valence-electron chi connectivity index (χ3n) is 23.3. The summed E-state index contributed by atoms with van der Waals surface area (Å²) >= 11 is 12.7. The average Bonchev–Trinajstić information content (AvgIpc) is 1.50. The van der Waals surface area contributed by atoms with Crippen molar-refractivity contribution >= 4 is 69.3 Å². The summed E-state index contributed by atoms with van der Waals surface area (Å²) in [4.78, 5) is 47.8. The molecule has 636 valence electrons. The Bertz CT molecular complexity index is 5290. The minimum atomic E-state index is -1.16. The third kappa shape index (κ3) is 23.9. The van der Waals surface area contributed by atoms with Crippen LogP contribution in [0.15, 0.2) is 236 Å². The number of anilines is 2. The maximum absolute atomic E-state index is 12.8. The number of para-hydroxylation sites is 1. The van der Waals surface area contributed by atoms with E-state index in [1.54, 1.807) is 46.2 Å². The van der Waals surface area contributed by atoms with Gasteiger partial charge in [0.05, 0.1) is 23.4 Å². The zero-order chi connectivity index (χ0) is 85.6. The van der Waals surface area contributed by atoms with E-state index in [2.05, 4.69) is 195 Å². The van der Waals surface area contributed by atoms with Crippen molar-refractivity contribution in [2.24, 2.45) is 11.8 Å². The molecule has 21 heteroatoms. The van der Waals surface area contributed by atoms with Crippen LogP contribution >= 0.6 is 23.2 Å². The molecular weight excluding hydrogens is 1560 g/mol. The molecule has 3 fully saturated rings. The Morgan fingerprint density at radius 2 is 1.38 bits per heavy atom.